The molecule has 1 fully saturated rings. The van der Waals surface area contributed by atoms with Crippen LogP contribution >= 0.6 is 0 Å². The smallest absolute Gasteiger partial charge is 0.272 e. The predicted octanol–water partition coefficient (Wildman–Crippen LogP) is 0.469. The zero-order valence-electron chi connectivity index (χ0n) is 11.3. The lowest BCUT2D eigenvalue weighted by molar-refractivity contribution is 0.0760. The normalized spacial score (nSPS) is 17.4. The van der Waals surface area contributed by atoms with E-state index in [1.54, 1.807) is 7.11 Å². The number of amides is 1. The number of methoxy groups -OCH3 is 1. The molecule has 0 unspecified atom stereocenters. The van der Waals surface area contributed by atoms with Gasteiger partial charge in [-0.2, -0.15) is 5.10 Å². The van der Waals surface area contributed by atoms with Crippen LogP contribution < -0.4 is 10.9 Å². The summed E-state index contributed by atoms with van der Waals surface area (Å²) < 4.78 is 6.38. The molecule has 0 radical (unpaired) electrons. The summed E-state index contributed by atoms with van der Waals surface area (Å²) in [6.45, 7) is 0.504. The Morgan fingerprint density at radius 3 is 2.74 bits per heavy atom. The lowest BCUT2D eigenvalue weighted by Crippen LogP contribution is -2.50. The lowest BCUT2D eigenvalue weighted by Gasteiger charge is -2.29. The van der Waals surface area contributed by atoms with Gasteiger partial charge in [0.15, 0.2) is 0 Å². The summed E-state index contributed by atoms with van der Waals surface area (Å²) in [6, 6.07) is 2.80. The molecule has 1 aliphatic rings. The molecule has 0 aliphatic heterocycles. The van der Waals surface area contributed by atoms with Crippen molar-refractivity contribution in [3.8, 4) is 0 Å². The van der Waals surface area contributed by atoms with Crippen LogP contribution in [-0.4, -0.2) is 34.9 Å². The first-order valence-electron chi connectivity index (χ1n) is 6.42. The van der Waals surface area contributed by atoms with E-state index in [1.165, 1.54) is 19.2 Å². The van der Waals surface area contributed by atoms with Crippen molar-refractivity contribution < 1.29 is 9.53 Å². The minimum absolute atomic E-state index is 0.232. The SMILES string of the molecule is COCC1(NC(=O)c2ccc(=O)n(C)n2)CCCC1. The highest BCUT2D eigenvalue weighted by Crippen LogP contribution is 2.30. The Morgan fingerprint density at radius 1 is 1.47 bits per heavy atom. The van der Waals surface area contributed by atoms with Gasteiger partial charge in [0.05, 0.1) is 12.1 Å². The van der Waals surface area contributed by atoms with Crippen LogP contribution in [0, 0.1) is 0 Å². The number of aromatic nitrogens is 2. The minimum Gasteiger partial charge on any atom is -0.382 e. The molecule has 1 aromatic heterocycles. The fourth-order valence-electron chi connectivity index (χ4n) is 2.56. The molecule has 1 aliphatic carbocycles. The maximum atomic E-state index is 12.2. The summed E-state index contributed by atoms with van der Waals surface area (Å²) in [5.74, 6) is -0.255. The Bertz CT molecular complexity index is 518. The fourth-order valence-corrected chi connectivity index (χ4v) is 2.56. The van der Waals surface area contributed by atoms with Crippen molar-refractivity contribution in [2.75, 3.05) is 13.7 Å². The molecule has 104 valence electrons. The minimum atomic E-state index is -0.289. The van der Waals surface area contributed by atoms with Gasteiger partial charge < -0.3 is 10.1 Å². The van der Waals surface area contributed by atoms with Gasteiger partial charge in [-0.25, -0.2) is 4.68 Å². The first kappa shape index (κ1) is 13.7. The Morgan fingerprint density at radius 2 is 2.16 bits per heavy atom. The van der Waals surface area contributed by atoms with Crippen LogP contribution in [0.5, 0.6) is 0 Å². The Hall–Kier alpha value is -1.69. The molecule has 1 saturated carbocycles. The van der Waals surface area contributed by atoms with E-state index in [9.17, 15) is 9.59 Å². The Labute approximate surface area is 111 Å². The number of nitrogens with one attached hydrogen (secondary N) is 1. The molecule has 19 heavy (non-hydrogen) atoms. The number of hydrogen-bond acceptors (Lipinski definition) is 4. The van der Waals surface area contributed by atoms with Crippen molar-refractivity contribution in [2.45, 2.75) is 31.2 Å². The molecule has 0 aromatic carbocycles. The van der Waals surface area contributed by atoms with E-state index >= 15 is 0 Å². The standard InChI is InChI=1S/C13H19N3O3/c1-16-11(17)6-5-10(15-16)12(18)14-13(9-19-2)7-3-4-8-13/h5-6H,3-4,7-9H2,1-2H3,(H,14,18). The monoisotopic (exact) mass is 265 g/mol. The maximum Gasteiger partial charge on any atom is 0.272 e. The number of ether oxygens (including phenoxy) is 1. The van der Waals surface area contributed by atoms with E-state index < -0.39 is 0 Å². The summed E-state index contributed by atoms with van der Waals surface area (Å²) >= 11 is 0. The molecule has 6 nitrogen and oxygen atoms in total. The summed E-state index contributed by atoms with van der Waals surface area (Å²) in [5.41, 5.74) is -0.268. The Balaban J connectivity index is 2.15. The molecule has 1 heterocycles. The molecule has 0 atom stereocenters. The average Bonchev–Trinajstić information content (AvgIpc) is 2.81. The highest BCUT2D eigenvalue weighted by Gasteiger charge is 2.35. The van der Waals surface area contributed by atoms with Gasteiger partial charge in [0.1, 0.15) is 5.69 Å². The third-order valence-electron chi connectivity index (χ3n) is 3.55. The van der Waals surface area contributed by atoms with Crippen molar-refractivity contribution in [1.29, 1.82) is 0 Å². The van der Waals surface area contributed by atoms with Crippen molar-refractivity contribution in [2.24, 2.45) is 7.05 Å². The second-order valence-corrected chi connectivity index (χ2v) is 5.05. The molecule has 1 N–H and O–H groups in total. The van der Waals surface area contributed by atoms with E-state index in [4.69, 9.17) is 4.74 Å². The lowest BCUT2D eigenvalue weighted by atomic mass is 9.98. The highest BCUT2D eigenvalue weighted by atomic mass is 16.5. The van der Waals surface area contributed by atoms with Crippen molar-refractivity contribution in [1.82, 2.24) is 15.1 Å². The quantitative estimate of drug-likeness (QED) is 0.859. The van der Waals surface area contributed by atoms with Crippen LogP contribution in [0.4, 0.5) is 0 Å². The van der Waals surface area contributed by atoms with Gasteiger partial charge in [0, 0.05) is 20.2 Å². The number of nitrogens with zero attached hydrogens (tertiary/aromatic N) is 2. The third kappa shape index (κ3) is 3.01. The molecule has 0 spiro atoms. The van der Waals surface area contributed by atoms with Crippen molar-refractivity contribution >= 4 is 5.91 Å². The summed E-state index contributed by atoms with van der Waals surface area (Å²) in [6.07, 6.45) is 4.01. The van der Waals surface area contributed by atoms with E-state index in [0.717, 1.165) is 30.4 Å². The third-order valence-corrected chi connectivity index (χ3v) is 3.55. The second kappa shape index (κ2) is 5.52. The zero-order valence-corrected chi connectivity index (χ0v) is 11.3. The van der Waals surface area contributed by atoms with Crippen LogP contribution in [-0.2, 0) is 11.8 Å². The van der Waals surface area contributed by atoms with Crippen molar-refractivity contribution in [3.05, 3.63) is 28.2 Å². The topological polar surface area (TPSA) is 73.2 Å². The first-order chi connectivity index (χ1) is 9.06. The van der Waals surface area contributed by atoms with E-state index in [2.05, 4.69) is 10.4 Å². The van der Waals surface area contributed by atoms with Crippen molar-refractivity contribution in [3.63, 3.8) is 0 Å². The summed E-state index contributed by atoms with van der Waals surface area (Å²) in [7, 11) is 3.16. The van der Waals surface area contributed by atoms with Crippen LogP contribution in [0.15, 0.2) is 16.9 Å². The second-order valence-electron chi connectivity index (χ2n) is 5.05. The Kier molecular flexibility index (Phi) is 3.99. The van der Waals surface area contributed by atoms with Gasteiger partial charge >= 0.3 is 0 Å². The van der Waals surface area contributed by atoms with Gasteiger partial charge in [-0.15, -0.1) is 0 Å². The number of rotatable bonds is 4. The van der Waals surface area contributed by atoms with E-state index in [0.29, 0.717) is 6.61 Å². The number of hydrogen-bond donors (Lipinski definition) is 1. The maximum absolute atomic E-state index is 12.2. The molecular weight excluding hydrogens is 246 g/mol. The summed E-state index contributed by atoms with van der Waals surface area (Å²) in [5, 5.41) is 6.97. The molecule has 2 rings (SSSR count). The van der Waals surface area contributed by atoms with Crippen LogP contribution in [0.2, 0.25) is 0 Å². The van der Waals surface area contributed by atoms with Crippen LogP contribution in [0.25, 0.3) is 0 Å². The number of carbonyl (C=O) groups is 1. The van der Waals surface area contributed by atoms with E-state index in [1.807, 2.05) is 0 Å². The molecular formula is C13H19N3O3. The molecule has 0 saturated heterocycles. The molecule has 0 bridgehead atoms. The highest BCUT2D eigenvalue weighted by molar-refractivity contribution is 5.92. The molecule has 1 amide bonds. The van der Waals surface area contributed by atoms with Crippen LogP contribution in [0.1, 0.15) is 36.2 Å². The molecule has 1 aromatic rings. The van der Waals surface area contributed by atoms with Gasteiger partial charge in [-0.3, -0.25) is 9.59 Å². The summed E-state index contributed by atoms with van der Waals surface area (Å²) in [4.78, 5) is 23.5. The van der Waals surface area contributed by atoms with Gasteiger partial charge in [-0.05, 0) is 18.9 Å². The average molecular weight is 265 g/mol. The van der Waals surface area contributed by atoms with Gasteiger partial charge in [0.2, 0.25) is 0 Å². The van der Waals surface area contributed by atoms with Crippen LogP contribution in [0.3, 0.4) is 0 Å². The zero-order chi connectivity index (χ0) is 13.9. The largest absolute Gasteiger partial charge is 0.382 e. The first-order valence-corrected chi connectivity index (χ1v) is 6.42. The predicted molar refractivity (Wildman–Crippen MR) is 70.0 cm³/mol. The van der Waals surface area contributed by atoms with Gasteiger partial charge in [-0.1, -0.05) is 12.8 Å². The van der Waals surface area contributed by atoms with Gasteiger partial charge in [0.25, 0.3) is 11.5 Å². The van der Waals surface area contributed by atoms with E-state index in [-0.39, 0.29) is 22.7 Å². The fraction of sp³-hybridized carbons (Fsp3) is 0.615. The number of aryl methyl sites for hydroxylation is 1. The molecule has 6 heteroatoms. The number of carbonyl (C=O) groups excluding carboxylic acids is 1.